The lowest BCUT2D eigenvalue weighted by molar-refractivity contribution is 0.152. The minimum atomic E-state index is -3.54. The number of hydrogen-bond donors (Lipinski definition) is 4. The Morgan fingerprint density at radius 2 is 1.78 bits per heavy atom. The molecule has 0 fully saturated rings. The van der Waals surface area contributed by atoms with Gasteiger partial charge in [-0.3, -0.25) is 0 Å². The maximum atomic E-state index is 8.54. The summed E-state index contributed by atoms with van der Waals surface area (Å²) in [6.45, 7) is -0.454. The first-order chi connectivity index (χ1) is 4.12. The van der Waals surface area contributed by atoms with Crippen molar-refractivity contribution in [2.45, 2.75) is 0 Å². The van der Waals surface area contributed by atoms with Crippen molar-refractivity contribution in [2.75, 3.05) is 19.6 Å². The van der Waals surface area contributed by atoms with Crippen LogP contribution in [0.25, 0.3) is 0 Å². The number of aliphatic hydroxyl groups excluding tert-OH is 2. The Labute approximate surface area is 53.1 Å². The van der Waals surface area contributed by atoms with Crippen LogP contribution in [0.5, 0.6) is 0 Å². The molecular weight excluding hydrogens is 147 g/mol. The van der Waals surface area contributed by atoms with Crippen LogP contribution in [0, 0.1) is 0 Å². The van der Waals surface area contributed by atoms with Crippen LogP contribution >= 0.6 is 7.94 Å². The normalized spacial score (nSPS) is 12.0. The molecule has 0 spiro atoms. The van der Waals surface area contributed by atoms with E-state index in [-0.39, 0.29) is 13.2 Å². The molecule has 6 heteroatoms. The average Bonchev–Trinajstić information content (AvgIpc) is 1.84. The fourth-order valence-electron chi connectivity index (χ4n) is 0.228. The second-order valence-electron chi connectivity index (χ2n) is 1.36. The fourth-order valence-corrected chi connectivity index (χ4v) is 0.684. The maximum Gasteiger partial charge on any atom is 0.434 e. The molecule has 0 bridgehead atoms. The molecule has 0 atom stereocenters. The zero-order valence-electron chi connectivity index (χ0n) is 4.77. The Morgan fingerprint density at radius 3 is 2.11 bits per heavy atom. The topological polar surface area (TPSA) is 90.2 Å². The second kappa shape index (κ2) is 4.11. The van der Waals surface area contributed by atoms with Gasteiger partial charge < -0.3 is 10.2 Å². The predicted molar refractivity (Wildman–Crippen MR) is 31.5 cm³/mol. The van der Waals surface area contributed by atoms with Crippen molar-refractivity contribution in [3.63, 3.8) is 0 Å². The molecule has 0 aromatic heterocycles. The van der Waals surface area contributed by atoms with Gasteiger partial charge in [0, 0.05) is 0 Å². The molecular formula is C3H10O5P+. The van der Waals surface area contributed by atoms with Crippen LogP contribution < -0.4 is 0 Å². The summed E-state index contributed by atoms with van der Waals surface area (Å²) in [7, 11) is -3.54. The van der Waals surface area contributed by atoms with Gasteiger partial charge in [-0.25, -0.2) is 0 Å². The highest BCUT2D eigenvalue weighted by Crippen LogP contribution is 2.49. The van der Waals surface area contributed by atoms with Crippen LogP contribution in [0.2, 0.25) is 0 Å². The van der Waals surface area contributed by atoms with Gasteiger partial charge in [0.15, 0.2) is 0 Å². The van der Waals surface area contributed by atoms with Gasteiger partial charge in [-0.15, -0.1) is 0 Å². The van der Waals surface area contributed by atoms with Gasteiger partial charge in [-0.05, 0) is 0 Å². The van der Waals surface area contributed by atoms with Crippen molar-refractivity contribution in [2.24, 2.45) is 0 Å². The monoisotopic (exact) mass is 157 g/mol. The largest absolute Gasteiger partial charge is 0.434 e. The molecule has 4 N–H and O–H groups in total. The van der Waals surface area contributed by atoms with Crippen LogP contribution in [-0.2, 0) is 4.52 Å². The maximum absolute atomic E-state index is 8.54. The van der Waals surface area contributed by atoms with E-state index >= 15 is 0 Å². The van der Waals surface area contributed by atoms with Crippen LogP contribution in [0.3, 0.4) is 0 Å². The van der Waals surface area contributed by atoms with E-state index in [1.807, 2.05) is 0 Å². The fraction of sp³-hybridized carbons (Fsp3) is 1.00. The van der Waals surface area contributed by atoms with Gasteiger partial charge in [0.1, 0.15) is 6.61 Å². The van der Waals surface area contributed by atoms with E-state index in [1.54, 1.807) is 0 Å². The minimum Gasteiger partial charge on any atom is -0.394 e. The van der Waals surface area contributed by atoms with Crippen LogP contribution in [-0.4, -0.2) is 39.6 Å². The summed E-state index contributed by atoms with van der Waals surface area (Å²) >= 11 is 0. The van der Waals surface area contributed by atoms with E-state index in [0.29, 0.717) is 0 Å². The highest BCUT2D eigenvalue weighted by molar-refractivity contribution is 7.59. The first-order valence-electron chi connectivity index (χ1n) is 2.32. The molecule has 0 aliphatic heterocycles. The van der Waals surface area contributed by atoms with E-state index in [2.05, 4.69) is 4.52 Å². The number of rotatable bonds is 4. The summed E-state index contributed by atoms with van der Waals surface area (Å²) < 4.78 is 4.25. The standard InChI is InChI=1S/C3H10O5P/c4-1-2-8-9(6,7)3-5/h4-7H,1-3H2/q+1. The van der Waals surface area contributed by atoms with Gasteiger partial charge >= 0.3 is 7.94 Å². The minimum absolute atomic E-state index is 0.165. The molecule has 5 nitrogen and oxygen atoms in total. The van der Waals surface area contributed by atoms with E-state index in [0.717, 1.165) is 0 Å². The van der Waals surface area contributed by atoms with Crippen molar-refractivity contribution in [1.29, 1.82) is 0 Å². The lowest BCUT2D eigenvalue weighted by atomic mass is 10.8. The third-order valence-corrected chi connectivity index (χ3v) is 1.54. The van der Waals surface area contributed by atoms with Gasteiger partial charge in [0.25, 0.3) is 0 Å². The van der Waals surface area contributed by atoms with Crippen LogP contribution in [0.1, 0.15) is 0 Å². The molecule has 0 aromatic carbocycles. The molecule has 0 radical (unpaired) electrons. The molecule has 0 aliphatic rings. The van der Waals surface area contributed by atoms with Gasteiger partial charge in [-0.1, -0.05) is 0 Å². The Bertz CT molecular complexity index is 74.6. The molecule has 0 heterocycles. The second-order valence-corrected chi connectivity index (χ2v) is 3.23. The summed E-state index contributed by atoms with van der Waals surface area (Å²) in [6, 6.07) is 0. The van der Waals surface area contributed by atoms with Crippen molar-refractivity contribution in [3.05, 3.63) is 0 Å². The van der Waals surface area contributed by atoms with Crippen molar-refractivity contribution in [3.8, 4) is 0 Å². The molecule has 0 aliphatic carbocycles. The first kappa shape index (κ1) is 9.23. The van der Waals surface area contributed by atoms with E-state index in [1.165, 1.54) is 0 Å². The summed E-state index contributed by atoms with van der Waals surface area (Å²) in [5, 5.41) is 16.3. The molecule has 0 saturated carbocycles. The summed E-state index contributed by atoms with van der Waals surface area (Å²) in [6.07, 6.45) is -0.799. The Morgan fingerprint density at radius 1 is 1.22 bits per heavy atom. The number of hydrogen-bond acceptors (Lipinski definition) is 5. The molecule has 9 heavy (non-hydrogen) atoms. The van der Waals surface area contributed by atoms with Gasteiger partial charge in [0.05, 0.1) is 6.61 Å². The summed E-state index contributed by atoms with van der Waals surface area (Å²) in [4.78, 5) is 17.1. The molecule has 0 unspecified atom stereocenters. The molecule has 0 amide bonds. The van der Waals surface area contributed by atoms with Crippen molar-refractivity contribution >= 4 is 7.94 Å². The third-order valence-electron chi connectivity index (χ3n) is 0.574. The Balaban J connectivity index is 3.33. The highest BCUT2D eigenvalue weighted by atomic mass is 31.2. The third kappa shape index (κ3) is 4.72. The van der Waals surface area contributed by atoms with E-state index < -0.39 is 14.3 Å². The smallest absolute Gasteiger partial charge is 0.394 e. The van der Waals surface area contributed by atoms with Gasteiger partial charge in [0.2, 0.25) is 6.35 Å². The average molecular weight is 157 g/mol. The Hall–Kier alpha value is 0.230. The predicted octanol–water partition coefficient (Wildman–Crippen LogP) is -1.31. The Kier molecular flexibility index (Phi) is 4.22. The first-order valence-corrected chi connectivity index (χ1v) is 4.12. The van der Waals surface area contributed by atoms with Crippen LogP contribution in [0.15, 0.2) is 0 Å². The van der Waals surface area contributed by atoms with Crippen molar-refractivity contribution in [1.82, 2.24) is 0 Å². The highest BCUT2D eigenvalue weighted by Gasteiger charge is 2.33. The molecule has 0 aromatic rings. The quantitative estimate of drug-likeness (QED) is 0.380. The SMILES string of the molecule is OCCO[P+](O)(O)CO. The van der Waals surface area contributed by atoms with E-state index in [9.17, 15) is 0 Å². The van der Waals surface area contributed by atoms with Crippen molar-refractivity contribution < 1.29 is 24.5 Å². The lowest BCUT2D eigenvalue weighted by Gasteiger charge is -2.05. The summed E-state index contributed by atoms with van der Waals surface area (Å²) in [5.41, 5.74) is 0. The van der Waals surface area contributed by atoms with Crippen LogP contribution in [0.4, 0.5) is 0 Å². The van der Waals surface area contributed by atoms with E-state index in [4.69, 9.17) is 20.0 Å². The zero-order valence-corrected chi connectivity index (χ0v) is 5.66. The number of aliphatic hydroxyl groups is 2. The molecule has 0 saturated heterocycles. The summed E-state index contributed by atoms with van der Waals surface area (Å²) in [5.74, 6) is 0. The van der Waals surface area contributed by atoms with Gasteiger partial charge in [-0.2, -0.15) is 14.3 Å². The lowest BCUT2D eigenvalue weighted by Crippen LogP contribution is -2.04. The molecule has 0 rings (SSSR count). The molecule has 56 valence electrons. The zero-order chi connectivity index (χ0) is 7.33.